The molecule has 0 saturated heterocycles. The highest BCUT2D eigenvalue weighted by Gasteiger charge is 2.61. The molecule has 0 spiro atoms. The molecule has 0 bridgehead atoms. The van der Waals surface area contributed by atoms with Gasteiger partial charge < -0.3 is 5.11 Å². The maximum Gasteiger partial charge on any atom is 0.526 e. The number of pyridine rings is 1. The summed E-state index contributed by atoms with van der Waals surface area (Å²) in [6.07, 6.45) is -4.43. The first kappa shape index (κ1) is 18.0. The summed E-state index contributed by atoms with van der Waals surface area (Å²) in [4.78, 5) is 3.40. The number of hydrogen-bond acceptors (Lipinski definition) is 4. The Labute approximate surface area is 134 Å². The quantitative estimate of drug-likeness (QED) is 0.461. The van der Waals surface area contributed by atoms with Gasteiger partial charge in [0.25, 0.3) is 0 Å². The smallest absolute Gasteiger partial charge is 0.506 e. The van der Waals surface area contributed by atoms with E-state index < -0.39 is 28.7 Å². The minimum absolute atomic E-state index is 0.0170. The molecule has 0 radical (unpaired) electrons. The van der Waals surface area contributed by atoms with Crippen LogP contribution >= 0.6 is 23.4 Å². The number of thioether (sulfide) groups is 1. The molecule has 3 nitrogen and oxygen atoms in total. The predicted octanol–water partition coefficient (Wildman–Crippen LogP) is 5.02. The fraction of sp³-hybridized carbons (Fsp3) is 0.250. The lowest BCUT2D eigenvalue weighted by Gasteiger charge is -2.27. The molecule has 2 rings (SSSR count). The number of hydrogen-bond donors (Lipinski definition) is 1. The topological polar surface area (TPSA) is 42.4 Å². The minimum Gasteiger partial charge on any atom is -0.506 e. The standard InChI is InChI=1S/C12H6ClF6NO2S/c13-10(14,22-12(17,18)19)11(15,16)23-8-4-3-7(21)9-6(8)2-1-5-20-9/h1-5,21H. The van der Waals surface area contributed by atoms with E-state index in [9.17, 15) is 31.4 Å². The highest BCUT2D eigenvalue weighted by molar-refractivity contribution is 8.00. The van der Waals surface area contributed by atoms with Crippen molar-refractivity contribution in [1.82, 2.24) is 4.98 Å². The molecule has 0 aliphatic carbocycles. The highest BCUT2D eigenvalue weighted by Crippen LogP contribution is 2.52. The Morgan fingerprint density at radius 2 is 1.74 bits per heavy atom. The van der Waals surface area contributed by atoms with Gasteiger partial charge in [-0.25, -0.2) is 4.74 Å². The molecule has 0 saturated carbocycles. The average molecular weight is 378 g/mol. The molecule has 0 amide bonds. The van der Waals surface area contributed by atoms with Crippen molar-refractivity contribution < 1.29 is 36.2 Å². The number of halogens is 7. The third kappa shape index (κ3) is 3.93. The van der Waals surface area contributed by atoms with Crippen molar-refractivity contribution in [3.05, 3.63) is 30.5 Å². The SMILES string of the molecule is Oc1ccc(SC(F)(F)C(F)(Cl)OC(F)(F)F)c2cccnc12. The fourth-order valence-corrected chi connectivity index (χ4v) is 2.67. The highest BCUT2D eigenvalue weighted by atomic mass is 35.5. The second-order valence-electron chi connectivity index (χ2n) is 4.17. The molecule has 11 heteroatoms. The van der Waals surface area contributed by atoms with Crippen LogP contribution in [0.2, 0.25) is 0 Å². The van der Waals surface area contributed by atoms with E-state index in [-0.39, 0.29) is 21.5 Å². The Bertz CT molecular complexity index is 724. The van der Waals surface area contributed by atoms with Crippen molar-refractivity contribution in [3.8, 4) is 5.75 Å². The van der Waals surface area contributed by atoms with Crippen LogP contribution in [0.15, 0.2) is 35.4 Å². The van der Waals surface area contributed by atoms with Crippen molar-refractivity contribution in [1.29, 1.82) is 0 Å². The number of nitrogens with zero attached hydrogens (tertiary/aromatic N) is 1. The lowest BCUT2D eigenvalue weighted by molar-refractivity contribution is -0.391. The van der Waals surface area contributed by atoms with Crippen LogP contribution in [0.4, 0.5) is 26.3 Å². The van der Waals surface area contributed by atoms with Gasteiger partial charge in [-0.15, -0.1) is 13.2 Å². The van der Waals surface area contributed by atoms with E-state index in [4.69, 9.17) is 0 Å². The van der Waals surface area contributed by atoms with Crippen LogP contribution in [-0.4, -0.2) is 27.0 Å². The molecular weight excluding hydrogens is 372 g/mol. The summed E-state index contributed by atoms with van der Waals surface area (Å²) in [5.74, 6) is -0.336. The van der Waals surface area contributed by atoms with Crippen LogP contribution in [-0.2, 0) is 4.74 Å². The van der Waals surface area contributed by atoms with E-state index in [0.717, 1.165) is 12.1 Å². The zero-order valence-corrected chi connectivity index (χ0v) is 12.3. The second-order valence-corrected chi connectivity index (χ2v) is 5.81. The van der Waals surface area contributed by atoms with Crippen molar-refractivity contribution in [3.63, 3.8) is 0 Å². The molecule has 1 N–H and O–H groups in total. The van der Waals surface area contributed by atoms with Crippen LogP contribution in [0.25, 0.3) is 10.9 Å². The number of aromatic nitrogens is 1. The van der Waals surface area contributed by atoms with Crippen molar-refractivity contribution in [2.45, 2.75) is 21.8 Å². The van der Waals surface area contributed by atoms with E-state index in [0.29, 0.717) is 0 Å². The van der Waals surface area contributed by atoms with Gasteiger partial charge in [0.2, 0.25) is 0 Å². The molecule has 23 heavy (non-hydrogen) atoms. The van der Waals surface area contributed by atoms with E-state index >= 15 is 0 Å². The predicted molar refractivity (Wildman–Crippen MR) is 71.0 cm³/mol. The number of benzene rings is 1. The number of ether oxygens (including phenoxy) is 1. The molecule has 126 valence electrons. The van der Waals surface area contributed by atoms with Gasteiger partial charge in [-0.1, -0.05) is 6.07 Å². The van der Waals surface area contributed by atoms with E-state index in [1.165, 1.54) is 18.3 Å². The van der Waals surface area contributed by atoms with Gasteiger partial charge in [0, 0.05) is 16.5 Å². The van der Waals surface area contributed by atoms with E-state index in [1.807, 2.05) is 0 Å². The summed E-state index contributed by atoms with van der Waals surface area (Å²) < 4.78 is 79.7. The summed E-state index contributed by atoms with van der Waals surface area (Å²) >= 11 is 4.02. The monoisotopic (exact) mass is 377 g/mol. The molecule has 1 heterocycles. The summed E-state index contributed by atoms with van der Waals surface area (Å²) in [6.45, 7) is 0. The van der Waals surface area contributed by atoms with Crippen LogP contribution in [0.1, 0.15) is 0 Å². The third-order valence-corrected chi connectivity index (χ3v) is 4.05. The molecule has 2 aromatic rings. The van der Waals surface area contributed by atoms with Crippen LogP contribution in [0, 0.1) is 0 Å². The lowest BCUT2D eigenvalue weighted by Crippen LogP contribution is -2.43. The normalized spacial score (nSPS) is 15.6. The maximum absolute atomic E-state index is 13.8. The number of phenols is 1. The van der Waals surface area contributed by atoms with E-state index in [1.54, 1.807) is 0 Å². The average Bonchev–Trinajstić information content (AvgIpc) is 2.39. The van der Waals surface area contributed by atoms with Gasteiger partial charge in [-0.2, -0.15) is 13.2 Å². The van der Waals surface area contributed by atoms with Gasteiger partial charge in [-0.05, 0) is 41.6 Å². The van der Waals surface area contributed by atoms with Gasteiger partial charge in [0.05, 0.1) is 0 Å². The number of rotatable bonds is 4. The molecule has 1 atom stereocenters. The number of fused-ring (bicyclic) bond motifs is 1. The third-order valence-electron chi connectivity index (χ3n) is 2.53. The van der Waals surface area contributed by atoms with Crippen molar-refractivity contribution in [2.75, 3.05) is 0 Å². The zero-order chi connectivity index (χ0) is 17.5. The van der Waals surface area contributed by atoms with E-state index in [2.05, 4.69) is 21.3 Å². The Balaban J connectivity index is 2.40. The van der Waals surface area contributed by atoms with Gasteiger partial charge >= 0.3 is 16.9 Å². The first-order valence-electron chi connectivity index (χ1n) is 5.71. The summed E-state index contributed by atoms with van der Waals surface area (Å²) in [5, 5.41) is -0.0482. The number of aromatic hydroxyl groups is 1. The summed E-state index contributed by atoms with van der Waals surface area (Å²) in [6, 6.07) is 4.59. The molecule has 1 unspecified atom stereocenters. The Kier molecular flexibility index (Phi) is 4.62. The Morgan fingerprint density at radius 1 is 1.09 bits per heavy atom. The summed E-state index contributed by atoms with van der Waals surface area (Å²) in [5.41, 5.74) is -0.0796. The van der Waals surface area contributed by atoms with Gasteiger partial charge in [-0.3, -0.25) is 4.98 Å². The zero-order valence-electron chi connectivity index (χ0n) is 10.7. The molecule has 0 aliphatic rings. The van der Waals surface area contributed by atoms with Gasteiger partial charge in [0.15, 0.2) is 0 Å². The molecule has 0 aliphatic heterocycles. The minimum atomic E-state index is -5.70. The largest absolute Gasteiger partial charge is 0.526 e. The maximum atomic E-state index is 13.8. The van der Waals surface area contributed by atoms with Crippen molar-refractivity contribution in [2.24, 2.45) is 0 Å². The first-order valence-corrected chi connectivity index (χ1v) is 6.91. The van der Waals surface area contributed by atoms with Gasteiger partial charge in [0.1, 0.15) is 11.3 Å². The second kappa shape index (κ2) is 5.91. The van der Waals surface area contributed by atoms with Crippen molar-refractivity contribution >= 4 is 34.3 Å². The van der Waals surface area contributed by atoms with Crippen LogP contribution in [0.5, 0.6) is 5.75 Å². The number of phenolic OH excluding ortho intramolecular Hbond substituents is 1. The van der Waals surface area contributed by atoms with Crippen LogP contribution < -0.4 is 0 Å². The Hall–Kier alpha value is -1.39. The molecule has 1 aromatic heterocycles. The summed E-state index contributed by atoms with van der Waals surface area (Å²) in [7, 11) is 0. The molecular formula is C12H6ClF6NO2S. The van der Waals surface area contributed by atoms with Crippen LogP contribution in [0.3, 0.4) is 0 Å². The number of alkyl halides is 7. The molecule has 0 fully saturated rings. The first-order chi connectivity index (χ1) is 10.4. The fourth-order valence-electron chi connectivity index (χ4n) is 1.62. The Morgan fingerprint density at radius 3 is 2.35 bits per heavy atom. The lowest BCUT2D eigenvalue weighted by atomic mass is 10.2. The molecule has 1 aromatic carbocycles.